The average molecular weight is 564 g/mol. The molecule has 1 heterocycles. The lowest BCUT2D eigenvalue weighted by Crippen LogP contribution is -2.45. The first-order valence-electron chi connectivity index (χ1n) is 13.3. The van der Waals surface area contributed by atoms with E-state index in [0.29, 0.717) is 36.1 Å². The highest BCUT2D eigenvalue weighted by Crippen LogP contribution is 2.27. The minimum absolute atomic E-state index is 0.0105. The normalized spacial score (nSPS) is 13.1. The maximum atomic E-state index is 13.7. The summed E-state index contributed by atoms with van der Waals surface area (Å²) < 4.78 is 0. The number of carbonyl (C=O) groups excluding carboxylic acids is 2. The fourth-order valence-electron chi connectivity index (χ4n) is 4.81. The van der Waals surface area contributed by atoms with Crippen molar-refractivity contribution in [3.63, 3.8) is 0 Å². The van der Waals surface area contributed by atoms with E-state index < -0.39 is 0 Å². The number of amides is 2. The van der Waals surface area contributed by atoms with E-state index >= 15 is 0 Å². The molecule has 0 radical (unpaired) electrons. The summed E-state index contributed by atoms with van der Waals surface area (Å²) in [5.41, 5.74) is 4.20. The maximum Gasteiger partial charge on any atom is 0.237 e. The van der Waals surface area contributed by atoms with Crippen LogP contribution in [0, 0.1) is 0 Å². The molecule has 0 spiro atoms. The van der Waals surface area contributed by atoms with Crippen LogP contribution in [0.1, 0.15) is 29.5 Å². The molecular weight excluding hydrogens is 531 g/mol. The number of hydrogen-bond donors (Lipinski definition) is 2. The number of hydrogen-bond acceptors (Lipinski definition) is 3. The Labute approximate surface area is 238 Å². The van der Waals surface area contributed by atoms with Crippen molar-refractivity contribution in [3.8, 4) is 0 Å². The number of fused-ring (bicyclic) bond motifs is 1. The van der Waals surface area contributed by atoms with Crippen LogP contribution in [0.5, 0.6) is 0 Å². The molecule has 0 atom stereocenters. The fraction of sp³-hybridized carbons (Fsp3) is 0.290. The lowest BCUT2D eigenvalue weighted by molar-refractivity contribution is -0.134. The first-order chi connectivity index (χ1) is 19.0. The lowest BCUT2D eigenvalue weighted by atomic mass is 10.1. The molecule has 1 saturated carbocycles. The van der Waals surface area contributed by atoms with E-state index in [1.54, 1.807) is 6.07 Å². The largest absolute Gasteiger partial charge is 0.361 e. The molecule has 0 bridgehead atoms. The molecule has 0 saturated heterocycles. The summed E-state index contributed by atoms with van der Waals surface area (Å²) in [5.74, 6) is -0.0861. The van der Waals surface area contributed by atoms with Crippen LogP contribution in [0.25, 0.3) is 10.9 Å². The number of rotatable bonds is 12. The van der Waals surface area contributed by atoms with Gasteiger partial charge >= 0.3 is 0 Å². The standard InChI is InChI=1S/C31H32Cl2N4O2/c32-27-13-10-23(16-28(27)33)19-36(15-14-24-18-34-29-9-5-4-8-26(24)29)31(39)21-37(25-11-12-25)20-30(38)35-17-22-6-2-1-3-7-22/h1-10,13,16,18,25,34H,11-12,14-15,17,19-21H2,(H,35,38). The van der Waals surface area contributed by atoms with Gasteiger partial charge in [0.2, 0.25) is 11.8 Å². The molecule has 1 aliphatic carbocycles. The molecular formula is C31H32Cl2N4O2. The molecule has 202 valence electrons. The Balaban J connectivity index is 1.26. The molecule has 39 heavy (non-hydrogen) atoms. The summed E-state index contributed by atoms with van der Waals surface area (Å²) in [6.07, 6.45) is 4.72. The molecule has 0 unspecified atom stereocenters. The van der Waals surface area contributed by atoms with Crippen molar-refractivity contribution in [1.82, 2.24) is 20.1 Å². The Morgan fingerprint density at radius 1 is 0.897 bits per heavy atom. The van der Waals surface area contributed by atoms with E-state index in [1.807, 2.05) is 76.7 Å². The second-order valence-electron chi connectivity index (χ2n) is 10.1. The number of benzene rings is 3. The highest BCUT2D eigenvalue weighted by molar-refractivity contribution is 6.42. The van der Waals surface area contributed by atoms with Crippen molar-refractivity contribution in [1.29, 1.82) is 0 Å². The highest BCUT2D eigenvalue weighted by atomic mass is 35.5. The summed E-state index contributed by atoms with van der Waals surface area (Å²) >= 11 is 12.4. The second-order valence-corrected chi connectivity index (χ2v) is 10.9. The molecule has 4 aromatic rings. The Morgan fingerprint density at radius 2 is 1.67 bits per heavy atom. The maximum absolute atomic E-state index is 13.7. The van der Waals surface area contributed by atoms with Crippen LogP contribution in [-0.4, -0.2) is 52.3 Å². The average Bonchev–Trinajstić information content (AvgIpc) is 3.72. The van der Waals surface area contributed by atoms with E-state index in [2.05, 4.69) is 16.4 Å². The molecule has 1 fully saturated rings. The summed E-state index contributed by atoms with van der Waals surface area (Å²) in [6.45, 7) is 1.82. The van der Waals surface area contributed by atoms with Crippen molar-refractivity contribution >= 4 is 45.9 Å². The zero-order valence-corrected chi connectivity index (χ0v) is 23.2. The van der Waals surface area contributed by atoms with Crippen molar-refractivity contribution in [2.24, 2.45) is 0 Å². The third-order valence-electron chi connectivity index (χ3n) is 7.12. The number of aromatic nitrogens is 1. The Bertz CT molecular complexity index is 1440. The molecule has 2 N–H and O–H groups in total. The van der Waals surface area contributed by atoms with E-state index in [-0.39, 0.29) is 30.9 Å². The van der Waals surface area contributed by atoms with Crippen molar-refractivity contribution in [2.45, 2.75) is 38.4 Å². The quantitative estimate of drug-likeness (QED) is 0.228. The Hall–Kier alpha value is -3.32. The van der Waals surface area contributed by atoms with Gasteiger partial charge in [0.1, 0.15) is 0 Å². The number of para-hydroxylation sites is 1. The number of aromatic amines is 1. The van der Waals surface area contributed by atoms with Gasteiger partial charge in [-0.15, -0.1) is 0 Å². The SMILES string of the molecule is O=C(CN(CC(=O)N(CCc1c[nH]c2ccccc12)Cc1ccc(Cl)c(Cl)c1)C1CC1)NCc1ccccc1. The summed E-state index contributed by atoms with van der Waals surface area (Å²) in [5, 5.41) is 5.10. The summed E-state index contributed by atoms with van der Waals surface area (Å²) in [7, 11) is 0. The molecule has 8 heteroatoms. The summed E-state index contributed by atoms with van der Waals surface area (Å²) in [4.78, 5) is 33.7. The first-order valence-corrected chi connectivity index (χ1v) is 14.0. The molecule has 0 aliphatic heterocycles. The minimum Gasteiger partial charge on any atom is -0.361 e. The fourth-order valence-corrected chi connectivity index (χ4v) is 5.13. The van der Waals surface area contributed by atoms with Crippen LogP contribution >= 0.6 is 23.2 Å². The molecule has 1 aliphatic rings. The summed E-state index contributed by atoms with van der Waals surface area (Å²) in [6, 6.07) is 23.7. The lowest BCUT2D eigenvalue weighted by Gasteiger charge is -2.27. The minimum atomic E-state index is -0.0756. The van der Waals surface area contributed by atoms with Gasteiger partial charge in [0, 0.05) is 42.8 Å². The highest BCUT2D eigenvalue weighted by Gasteiger charge is 2.32. The van der Waals surface area contributed by atoms with Gasteiger partial charge in [-0.2, -0.15) is 0 Å². The van der Waals surface area contributed by atoms with Gasteiger partial charge in [0.25, 0.3) is 0 Å². The van der Waals surface area contributed by atoms with Gasteiger partial charge < -0.3 is 15.2 Å². The Morgan fingerprint density at radius 3 is 2.44 bits per heavy atom. The molecule has 1 aromatic heterocycles. The Kier molecular flexibility index (Phi) is 8.87. The zero-order chi connectivity index (χ0) is 27.2. The number of H-pyrrole nitrogens is 1. The third-order valence-corrected chi connectivity index (χ3v) is 7.86. The van der Waals surface area contributed by atoms with Crippen molar-refractivity contribution < 1.29 is 9.59 Å². The van der Waals surface area contributed by atoms with Gasteiger partial charge in [-0.1, -0.05) is 77.8 Å². The van der Waals surface area contributed by atoms with Crippen LogP contribution in [0.3, 0.4) is 0 Å². The molecule has 6 nitrogen and oxygen atoms in total. The van der Waals surface area contributed by atoms with Gasteiger partial charge in [-0.3, -0.25) is 14.5 Å². The van der Waals surface area contributed by atoms with Crippen LogP contribution in [0.2, 0.25) is 10.0 Å². The predicted octanol–water partition coefficient (Wildman–Crippen LogP) is 5.83. The van der Waals surface area contributed by atoms with Crippen LogP contribution in [0.4, 0.5) is 0 Å². The second kappa shape index (κ2) is 12.7. The van der Waals surface area contributed by atoms with Crippen LogP contribution < -0.4 is 5.32 Å². The predicted molar refractivity (Wildman–Crippen MR) is 157 cm³/mol. The van der Waals surface area contributed by atoms with E-state index in [0.717, 1.165) is 40.4 Å². The molecule has 2 amide bonds. The van der Waals surface area contributed by atoms with Crippen LogP contribution in [-0.2, 0) is 29.1 Å². The molecule has 5 rings (SSSR count). The smallest absolute Gasteiger partial charge is 0.237 e. The monoisotopic (exact) mass is 562 g/mol. The molecule has 3 aromatic carbocycles. The number of halogens is 2. The van der Waals surface area contributed by atoms with Crippen molar-refractivity contribution in [2.75, 3.05) is 19.6 Å². The topological polar surface area (TPSA) is 68.4 Å². The number of carbonyl (C=O) groups is 2. The van der Waals surface area contributed by atoms with E-state index in [9.17, 15) is 9.59 Å². The van der Waals surface area contributed by atoms with Crippen molar-refractivity contribution in [3.05, 3.63) is 106 Å². The number of nitrogens with one attached hydrogen (secondary N) is 2. The van der Waals surface area contributed by atoms with E-state index in [1.165, 1.54) is 0 Å². The van der Waals surface area contributed by atoms with Gasteiger partial charge in [-0.25, -0.2) is 0 Å². The third kappa shape index (κ3) is 7.41. The van der Waals surface area contributed by atoms with E-state index in [4.69, 9.17) is 23.2 Å². The number of nitrogens with zero attached hydrogens (tertiary/aromatic N) is 2. The van der Waals surface area contributed by atoms with Gasteiger partial charge in [0.05, 0.1) is 23.1 Å². The first kappa shape index (κ1) is 27.3. The zero-order valence-electron chi connectivity index (χ0n) is 21.7. The van der Waals surface area contributed by atoms with Gasteiger partial charge in [0.15, 0.2) is 0 Å². The van der Waals surface area contributed by atoms with Crippen LogP contribution in [0.15, 0.2) is 79.0 Å². The van der Waals surface area contributed by atoms with Gasteiger partial charge in [-0.05, 0) is 54.2 Å².